The van der Waals surface area contributed by atoms with E-state index >= 15 is 0 Å². The normalized spacial score (nSPS) is 15.8. The smallest absolute Gasteiger partial charge is 0.345 e. The Morgan fingerprint density at radius 2 is 2.00 bits per heavy atom. The molecule has 1 N–H and O–H groups in total. The number of carbonyl (C=O) groups is 1. The summed E-state index contributed by atoms with van der Waals surface area (Å²) in [5, 5.41) is 2.72. The lowest BCUT2D eigenvalue weighted by molar-refractivity contribution is -0.118. The lowest BCUT2D eigenvalue weighted by atomic mass is 10.1. The SMILES string of the molecule is CCCCNC(=O)C1=CC(c2cc(OC)ccc2OC)=NS(=O)(=O)N1C. The highest BCUT2D eigenvalue weighted by Crippen LogP contribution is 2.28. The zero-order chi connectivity index (χ0) is 19.3. The molecule has 8 nitrogen and oxygen atoms in total. The Morgan fingerprint density at radius 1 is 1.27 bits per heavy atom. The predicted octanol–water partition coefficient (Wildman–Crippen LogP) is 1.48. The first kappa shape index (κ1) is 19.8. The van der Waals surface area contributed by atoms with Crippen molar-refractivity contribution in [3.05, 3.63) is 35.5 Å². The topological polar surface area (TPSA) is 97.3 Å². The Hall–Kier alpha value is -2.55. The standard InChI is InChI=1S/C17H23N3O5S/c1-5-6-9-18-17(21)15-11-14(19-26(22,23)20(15)2)13-10-12(24-3)7-8-16(13)25-4/h7-8,10-11H,5-6,9H2,1-4H3,(H,18,21). The number of nitrogens with one attached hydrogen (secondary N) is 1. The van der Waals surface area contributed by atoms with E-state index < -0.39 is 16.1 Å². The Morgan fingerprint density at radius 3 is 2.62 bits per heavy atom. The van der Waals surface area contributed by atoms with E-state index in [9.17, 15) is 13.2 Å². The number of methoxy groups -OCH3 is 2. The average molecular weight is 381 g/mol. The van der Waals surface area contributed by atoms with Crippen LogP contribution in [0.4, 0.5) is 0 Å². The summed E-state index contributed by atoms with van der Waals surface area (Å²) in [6.07, 6.45) is 3.15. The van der Waals surface area contributed by atoms with Crippen LogP contribution in [-0.4, -0.2) is 52.2 Å². The fourth-order valence-corrected chi connectivity index (χ4v) is 3.28. The van der Waals surface area contributed by atoms with Gasteiger partial charge in [0.25, 0.3) is 5.91 Å². The van der Waals surface area contributed by atoms with E-state index in [0.29, 0.717) is 23.6 Å². The number of benzene rings is 1. The summed E-state index contributed by atoms with van der Waals surface area (Å²) in [5.74, 6) is 0.465. The molecule has 0 aromatic heterocycles. The van der Waals surface area contributed by atoms with Crippen LogP contribution in [0.2, 0.25) is 0 Å². The fourth-order valence-electron chi connectivity index (χ4n) is 2.38. The molecule has 2 rings (SSSR count). The maximum absolute atomic E-state index is 12.4. The summed E-state index contributed by atoms with van der Waals surface area (Å²) in [6, 6.07) is 4.95. The van der Waals surface area contributed by atoms with Crippen molar-refractivity contribution in [1.29, 1.82) is 0 Å². The van der Waals surface area contributed by atoms with Crippen LogP contribution in [0.3, 0.4) is 0 Å². The van der Waals surface area contributed by atoms with Gasteiger partial charge in [-0.25, -0.2) is 4.31 Å². The van der Waals surface area contributed by atoms with Crippen molar-refractivity contribution in [3.8, 4) is 11.5 Å². The van der Waals surface area contributed by atoms with Crippen LogP contribution in [0.1, 0.15) is 25.3 Å². The van der Waals surface area contributed by atoms with Gasteiger partial charge in [-0.3, -0.25) is 4.79 Å². The number of likely N-dealkylation sites (N-methyl/N-ethyl adjacent to an activating group) is 1. The van der Waals surface area contributed by atoms with E-state index in [4.69, 9.17) is 9.47 Å². The van der Waals surface area contributed by atoms with Gasteiger partial charge in [0.15, 0.2) is 0 Å². The van der Waals surface area contributed by atoms with Gasteiger partial charge in [0, 0.05) is 19.2 Å². The van der Waals surface area contributed by atoms with Crippen molar-refractivity contribution < 1.29 is 22.7 Å². The molecule has 0 saturated carbocycles. The second kappa shape index (κ2) is 8.22. The first-order chi connectivity index (χ1) is 12.3. The van der Waals surface area contributed by atoms with Crippen molar-refractivity contribution in [2.24, 2.45) is 4.40 Å². The zero-order valence-electron chi connectivity index (χ0n) is 15.3. The third-order valence-electron chi connectivity index (χ3n) is 3.90. The summed E-state index contributed by atoms with van der Waals surface area (Å²) in [7, 11) is 0.234. The summed E-state index contributed by atoms with van der Waals surface area (Å²) in [6.45, 7) is 2.47. The molecule has 0 fully saturated rings. The molecule has 0 atom stereocenters. The fraction of sp³-hybridized carbons (Fsp3) is 0.412. The molecular weight excluding hydrogens is 358 g/mol. The van der Waals surface area contributed by atoms with Gasteiger partial charge in [-0.2, -0.15) is 8.42 Å². The molecule has 1 amide bonds. The second-order valence-corrected chi connectivity index (χ2v) is 7.25. The summed E-state index contributed by atoms with van der Waals surface area (Å²) < 4.78 is 40.0. The Kier molecular flexibility index (Phi) is 6.25. The van der Waals surface area contributed by atoms with Crippen LogP contribution in [0.25, 0.3) is 0 Å². The quantitative estimate of drug-likeness (QED) is 0.722. The highest BCUT2D eigenvalue weighted by molar-refractivity contribution is 7.88. The van der Waals surface area contributed by atoms with Gasteiger partial charge < -0.3 is 14.8 Å². The molecular formula is C17H23N3O5S. The minimum Gasteiger partial charge on any atom is -0.497 e. The maximum atomic E-state index is 12.4. The van der Waals surface area contributed by atoms with Gasteiger partial charge in [0.05, 0.1) is 19.9 Å². The first-order valence-corrected chi connectivity index (χ1v) is 9.54. The largest absolute Gasteiger partial charge is 0.497 e. The molecule has 0 bridgehead atoms. The molecule has 1 aliphatic rings. The number of hydrogen-bond acceptors (Lipinski definition) is 5. The zero-order valence-corrected chi connectivity index (χ0v) is 16.1. The van der Waals surface area contributed by atoms with Gasteiger partial charge in [-0.1, -0.05) is 13.3 Å². The summed E-state index contributed by atoms with van der Waals surface area (Å²) >= 11 is 0. The molecule has 9 heteroatoms. The van der Waals surface area contributed by atoms with Crippen LogP contribution in [0.5, 0.6) is 11.5 Å². The lowest BCUT2D eigenvalue weighted by Gasteiger charge is -2.24. The van der Waals surface area contributed by atoms with E-state index in [0.717, 1.165) is 17.1 Å². The third-order valence-corrected chi connectivity index (χ3v) is 5.22. The molecule has 26 heavy (non-hydrogen) atoms. The number of rotatable bonds is 7. The van der Waals surface area contributed by atoms with Crippen LogP contribution in [-0.2, 0) is 15.0 Å². The van der Waals surface area contributed by atoms with Crippen molar-refractivity contribution >= 4 is 21.8 Å². The molecule has 1 aliphatic heterocycles. The molecule has 1 aromatic carbocycles. The monoisotopic (exact) mass is 381 g/mol. The molecule has 0 saturated heterocycles. The van der Waals surface area contributed by atoms with E-state index in [1.165, 1.54) is 27.3 Å². The number of nitrogens with zero attached hydrogens (tertiary/aromatic N) is 2. The van der Waals surface area contributed by atoms with Crippen molar-refractivity contribution in [2.75, 3.05) is 27.8 Å². The number of carbonyl (C=O) groups excluding carboxylic acids is 1. The van der Waals surface area contributed by atoms with Crippen LogP contribution >= 0.6 is 0 Å². The van der Waals surface area contributed by atoms with Crippen molar-refractivity contribution in [2.45, 2.75) is 19.8 Å². The number of allylic oxidation sites excluding steroid dienone is 1. The van der Waals surface area contributed by atoms with Gasteiger partial charge in [0.2, 0.25) is 0 Å². The van der Waals surface area contributed by atoms with Crippen molar-refractivity contribution in [1.82, 2.24) is 9.62 Å². The summed E-state index contributed by atoms with van der Waals surface area (Å²) in [5.41, 5.74) is 0.526. The predicted molar refractivity (Wildman–Crippen MR) is 98.8 cm³/mol. The molecule has 1 heterocycles. The Labute approximate surface area is 153 Å². The molecule has 142 valence electrons. The minimum absolute atomic E-state index is 0.00373. The van der Waals surface area contributed by atoms with Gasteiger partial charge in [-0.05, 0) is 30.7 Å². The molecule has 0 radical (unpaired) electrons. The minimum atomic E-state index is -4.03. The molecule has 0 unspecified atom stereocenters. The van der Waals surface area contributed by atoms with E-state index in [1.54, 1.807) is 18.2 Å². The van der Waals surface area contributed by atoms with Crippen molar-refractivity contribution in [3.63, 3.8) is 0 Å². The van der Waals surface area contributed by atoms with Crippen LogP contribution in [0.15, 0.2) is 34.4 Å². The second-order valence-electron chi connectivity index (χ2n) is 5.63. The molecule has 0 aliphatic carbocycles. The Balaban J connectivity index is 2.49. The number of ether oxygens (including phenoxy) is 2. The number of amides is 1. The van der Waals surface area contributed by atoms with Gasteiger partial charge in [-0.15, -0.1) is 4.40 Å². The third kappa shape index (κ3) is 4.16. The molecule has 1 aromatic rings. The van der Waals surface area contributed by atoms with Gasteiger partial charge in [0.1, 0.15) is 17.2 Å². The van der Waals surface area contributed by atoms with E-state index in [1.807, 2.05) is 6.92 Å². The molecule has 0 spiro atoms. The van der Waals surface area contributed by atoms with Crippen LogP contribution in [0, 0.1) is 0 Å². The average Bonchev–Trinajstić information content (AvgIpc) is 2.63. The highest BCUT2D eigenvalue weighted by atomic mass is 32.2. The van der Waals surface area contributed by atoms with Gasteiger partial charge >= 0.3 is 10.2 Å². The number of unbranched alkanes of at least 4 members (excludes halogenated alkanes) is 1. The van der Waals surface area contributed by atoms with Crippen LogP contribution < -0.4 is 14.8 Å². The maximum Gasteiger partial charge on any atom is 0.345 e. The summed E-state index contributed by atoms with van der Waals surface area (Å²) in [4.78, 5) is 12.4. The Bertz CT molecular complexity index is 846. The lowest BCUT2D eigenvalue weighted by Crippen LogP contribution is -2.38. The first-order valence-electron chi connectivity index (χ1n) is 8.15. The highest BCUT2D eigenvalue weighted by Gasteiger charge is 2.30. The number of hydrogen-bond donors (Lipinski definition) is 1. The van der Waals surface area contributed by atoms with E-state index in [-0.39, 0.29) is 11.4 Å². The van der Waals surface area contributed by atoms with E-state index in [2.05, 4.69) is 9.71 Å².